The first-order chi connectivity index (χ1) is 13.6. The molecule has 0 spiro atoms. The zero-order valence-corrected chi connectivity index (χ0v) is 16.0. The number of piperidine rings is 1. The molecular formula is C21H25N3O4. The fourth-order valence-corrected chi connectivity index (χ4v) is 3.50. The lowest BCUT2D eigenvalue weighted by molar-refractivity contribution is -0.384. The van der Waals surface area contributed by atoms with E-state index in [1.807, 2.05) is 12.1 Å². The summed E-state index contributed by atoms with van der Waals surface area (Å²) in [6.07, 6.45) is 5.10. The van der Waals surface area contributed by atoms with Crippen LogP contribution in [0.15, 0.2) is 47.5 Å². The Morgan fingerprint density at radius 1 is 1.21 bits per heavy atom. The Balaban J connectivity index is 1.80. The quantitative estimate of drug-likeness (QED) is 0.444. The maximum atomic E-state index is 11.0. The molecule has 1 N–H and O–H groups in total. The first-order valence-electron chi connectivity index (χ1n) is 9.43. The Morgan fingerprint density at radius 3 is 2.57 bits per heavy atom. The number of phenols is 1. The van der Waals surface area contributed by atoms with Crippen molar-refractivity contribution in [2.24, 2.45) is 4.99 Å². The summed E-state index contributed by atoms with van der Waals surface area (Å²) >= 11 is 0. The van der Waals surface area contributed by atoms with Gasteiger partial charge >= 0.3 is 0 Å². The summed E-state index contributed by atoms with van der Waals surface area (Å²) in [5, 5.41) is 20.9. The number of methoxy groups -OCH3 is 1. The van der Waals surface area contributed by atoms with Gasteiger partial charge in [0.1, 0.15) is 11.5 Å². The highest BCUT2D eigenvalue weighted by atomic mass is 16.6. The Morgan fingerprint density at radius 2 is 1.93 bits per heavy atom. The van der Waals surface area contributed by atoms with Crippen LogP contribution in [0.3, 0.4) is 0 Å². The van der Waals surface area contributed by atoms with E-state index in [0.717, 1.165) is 24.4 Å². The number of nitrogens with zero attached hydrogens (tertiary/aromatic N) is 3. The minimum atomic E-state index is -0.481. The minimum Gasteiger partial charge on any atom is -0.507 e. The Hall–Kier alpha value is -2.93. The average Bonchev–Trinajstić information content (AvgIpc) is 2.73. The van der Waals surface area contributed by atoms with E-state index in [2.05, 4.69) is 22.0 Å². The predicted octanol–water partition coefficient (Wildman–Crippen LogP) is 3.96. The van der Waals surface area contributed by atoms with E-state index in [-0.39, 0.29) is 17.5 Å². The molecule has 1 atom stereocenters. The smallest absolute Gasteiger partial charge is 0.270 e. The lowest BCUT2D eigenvalue weighted by Gasteiger charge is -2.34. The number of likely N-dealkylation sites (tertiary alicyclic amines) is 1. The van der Waals surface area contributed by atoms with Gasteiger partial charge in [0.15, 0.2) is 0 Å². The van der Waals surface area contributed by atoms with Crippen molar-refractivity contribution in [1.29, 1.82) is 0 Å². The highest BCUT2D eigenvalue weighted by Gasteiger charge is 2.22. The highest BCUT2D eigenvalue weighted by Crippen LogP contribution is 2.27. The van der Waals surface area contributed by atoms with Gasteiger partial charge in [0.05, 0.1) is 24.6 Å². The highest BCUT2D eigenvalue weighted by molar-refractivity contribution is 5.84. The summed E-state index contributed by atoms with van der Waals surface area (Å²) in [5.74, 6) is 0.791. The van der Waals surface area contributed by atoms with Crippen molar-refractivity contribution in [3.05, 3.63) is 63.7 Å². The minimum absolute atomic E-state index is 0.0201. The lowest BCUT2D eigenvalue weighted by atomic mass is 10.0. The maximum absolute atomic E-state index is 11.0. The average molecular weight is 383 g/mol. The largest absolute Gasteiger partial charge is 0.507 e. The second kappa shape index (κ2) is 9.32. The van der Waals surface area contributed by atoms with Gasteiger partial charge in [-0.2, -0.15) is 0 Å². The van der Waals surface area contributed by atoms with Crippen molar-refractivity contribution in [1.82, 2.24) is 4.90 Å². The van der Waals surface area contributed by atoms with Crippen LogP contribution in [0, 0.1) is 10.1 Å². The van der Waals surface area contributed by atoms with Crippen LogP contribution in [0.1, 0.15) is 36.4 Å². The number of nitro groups is 1. The summed E-state index contributed by atoms with van der Waals surface area (Å²) in [5.41, 5.74) is 1.44. The number of benzene rings is 2. The number of non-ortho nitro benzene ring substituents is 1. The molecule has 7 nitrogen and oxygen atoms in total. The molecule has 1 heterocycles. The Labute approximate surface area is 164 Å². The SMILES string of the molecule is COc1ccc([C@H](CN=Cc2cc([N+](=O)[O-])ccc2O)N2CCCCC2)cc1. The second-order valence-electron chi connectivity index (χ2n) is 6.88. The van der Waals surface area contributed by atoms with Gasteiger partial charge in [-0.1, -0.05) is 18.6 Å². The van der Waals surface area contributed by atoms with E-state index >= 15 is 0 Å². The van der Waals surface area contributed by atoms with E-state index < -0.39 is 4.92 Å². The molecule has 0 amide bonds. The first kappa shape index (κ1) is 19.8. The van der Waals surface area contributed by atoms with E-state index in [0.29, 0.717) is 12.1 Å². The Kier molecular flexibility index (Phi) is 6.60. The van der Waals surface area contributed by atoms with Crippen molar-refractivity contribution in [3.8, 4) is 11.5 Å². The van der Waals surface area contributed by atoms with Gasteiger partial charge in [-0.25, -0.2) is 0 Å². The van der Waals surface area contributed by atoms with Crippen LogP contribution in [-0.4, -0.2) is 47.9 Å². The van der Waals surface area contributed by atoms with Crippen LogP contribution in [-0.2, 0) is 0 Å². The molecule has 1 aliphatic heterocycles. The monoisotopic (exact) mass is 383 g/mol. The molecule has 2 aromatic carbocycles. The summed E-state index contributed by atoms with van der Waals surface area (Å²) in [6, 6.07) is 12.1. The fraction of sp³-hybridized carbons (Fsp3) is 0.381. The predicted molar refractivity (Wildman–Crippen MR) is 108 cm³/mol. The number of hydrogen-bond donors (Lipinski definition) is 1. The van der Waals surface area contributed by atoms with E-state index in [1.165, 1.54) is 43.7 Å². The van der Waals surface area contributed by atoms with Crippen molar-refractivity contribution in [2.45, 2.75) is 25.3 Å². The molecule has 148 valence electrons. The summed E-state index contributed by atoms with van der Waals surface area (Å²) in [7, 11) is 1.65. The zero-order valence-electron chi connectivity index (χ0n) is 16.0. The van der Waals surface area contributed by atoms with Crippen LogP contribution >= 0.6 is 0 Å². The van der Waals surface area contributed by atoms with Crippen molar-refractivity contribution < 1.29 is 14.8 Å². The maximum Gasteiger partial charge on any atom is 0.270 e. The fourth-order valence-electron chi connectivity index (χ4n) is 3.50. The molecule has 7 heteroatoms. The molecule has 0 bridgehead atoms. The summed E-state index contributed by atoms with van der Waals surface area (Å²) in [6.45, 7) is 2.55. The van der Waals surface area contributed by atoms with Crippen LogP contribution in [0.2, 0.25) is 0 Å². The van der Waals surface area contributed by atoms with Gasteiger partial charge in [0.25, 0.3) is 5.69 Å². The van der Waals surface area contributed by atoms with Gasteiger partial charge in [-0.05, 0) is 49.7 Å². The van der Waals surface area contributed by atoms with Crippen molar-refractivity contribution >= 4 is 11.9 Å². The third kappa shape index (κ3) is 4.86. The topological polar surface area (TPSA) is 88.2 Å². The number of ether oxygens (including phenoxy) is 1. The van der Waals surface area contributed by atoms with Gasteiger partial charge < -0.3 is 9.84 Å². The van der Waals surface area contributed by atoms with Gasteiger partial charge in [-0.3, -0.25) is 20.0 Å². The van der Waals surface area contributed by atoms with E-state index in [1.54, 1.807) is 7.11 Å². The van der Waals surface area contributed by atoms with Crippen LogP contribution < -0.4 is 4.74 Å². The normalized spacial score (nSPS) is 16.2. The number of hydrogen-bond acceptors (Lipinski definition) is 6. The van der Waals surface area contributed by atoms with Crippen molar-refractivity contribution in [3.63, 3.8) is 0 Å². The number of nitro benzene ring substituents is 1. The molecule has 1 aliphatic rings. The lowest BCUT2D eigenvalue weighted by Crippen LogP contribution is -2.35. The summed E-state index contributed by atoms with van der Waals surface area (Å²) in [4.78, 5) is 17.4. The molecule has 0 aromatic heterocycles. The number of rotatable bonds is 7. The molecule has 3 rings (SSSR count). The Bertz CT molecular complexity index is 830. The zero-order chi connectivity index (χ0) is 19.9. The number of aliphatic imine (C=N–C) groups is 1. The molecular weight excluding hydrogens is 358 g/mol. The molecule has 0 radical (unpaired) electrons. The number of phenolic OH excluding ortho intramolecular Hbond substituents is 1. The number of aromatic hydroxyl groups is 1. The van der Waals surface area contributed by atoms with Crippen molar-refractivity contribution in [2.75, 3.05) is 26.7 Å². The molecule has 1 saturated heterocycles. The van der Waals surface area contributed by atoms with Crippen LogP contribution in [0.25, 0.3) is 0 Å². The third-order valence-electron chi connectivity index (χ3n) is 5.06. The van der Waals surface area contributed by atoms with E-state index in [9.17, 15) is 15.2 Å². The van der Waals surface area contributed by atoms with Gasteiger partial charge in [-0.15, -0.1) is 0 Å². The van der Waals surface area contributed by atoms with Crippen LogP contribution in [0.5, 0.6) is 11.5 Å². The molecule has 0 aliphatic carbocycles. The third-order valence-corrected chi connectivity index (χ3v) is 5.06. The second-order valence-corrected chi connectivity index (χ2v) is 6.88. The molecule has 28 heavy (non-hydrogen) atoms. The summed E-state index contributed by atoms with van der Waals surface area (Å²) < 4.78 is 5.25. The van der Waals surface area contributed by atoms with Gasteiger partial charge in [0.2, 0.25) is 0 Å². The standard InChI is InChI=1S/C21H25N3O4/c1-28-19-8-5-16(6-9-19)20(23-11-3-2-4-12-23)15-22-14-17-13-18(24(26)27)7-10-21(17)25/h5-10,13-14,20,25H,2-4,11-12,15H2,1H3/t20-/m0/s1. The molecule has 2 aromatic rings. The van der Waals surface area contributed by atoms with Gasteiger partial charge in [0, 0.05) is 23.9 Å². The molecule has 0 saturated carbocycles. The molecule has 0 unspecified atom stereocenters. The molecule has 1 fully saturated rings. The first-order valence-corrected chi connectivity index (χ1v) is 9.43. The van der Waals surface area contributed by atoms with Crippen LogP contribution in [0.4, 0.5) is 5.69 Å². The van der Waals surface area contributed by atoms with E-state index in [4.69, 9.17) is 4.74 Å².